The van der Waals surface area contributed by atoms with E-state index < -0.39 is 0 Å². The molecule has 0 spiro atoms. The molecule has 0 amide bonds. The number of esters is 1. The molecule has 3 nitrogen and oxygen atoms in total. The standard InChI is InChI=1S/C19H29NO2S/c1-3-22-18(21)13-20-14(2)19(16-11-7-8-12-17(16)20)23-15-9-5-4-6-10-15/h15H,3-13H2,1-2H3. The van der Waals surface area contributed by atoms with E-state index in [9.17, 15) is 4.79 Å². The van der Waals surface area contributed by atoms with Crippen LogP contribution in [0.1, 0.15) is 68.8 Å². The molecular formula is C19H29NO2S. The van der Waals surface area contributed by atoms with Crippen LogP contribution in [0.25, 0.3) is 0 Å². The Bertz CT molecular complexity index is 558. The molecule has 0 bridgehead atoms. The summed E-state index contributed by atoms with van der Waals surface area (Å²) in [5.74, 6) is -0.104. The Labute approximate surface area is 144 Å². The lowest BCUT2D eigenvalue weighted by atomic mass is 9.98. The summed E-state index contributed by atoms with van der Waals surface area (Å²) in [6.45, 7) is 4.92. The topological polar surface area (TPSA) is 31.2 Å². The SMILES string of the molecule is CCOC(=O)Cn1c(C)c(SC2CCCCC2)c2c1CCCC2. The first-order chi connectivity index (χ1) is 11.2. The lowest BCUT2D eigenvalue weighted by Crippen LogP contribution is -2.17. The highest BCUT2D eigenvalue weighted by molar-refractivity contribution is 8.00. The molecule has 1 saturated carbocycles. The number of hydrogen-bond donors (Lipinski definition) is 0. The minimum Gasteiger partial charge on any atom is -0.465 e. The number of carbonyl (C=O) groups excluding carboxylic acids is 1. The maximum atomic E-state index is 12.0. The van der Waals surface area contributed by atoms with Crippen LogP contribution in [0.5, 0.6) is 0 Å². The van der Waals surface area contributed by atoms with Crippen LogP contribution >= 0.6 is 11.8 Å². The van der Waals surface area contributed by atoms with Gasteiger partial charge in [0.05, 0.1) is 6.61 Å². The quantitative estimate of drug-likeness (QED) is 0.733. The monoisotopic (exact) mass is 335 g/mol. The van der Waals surface area contributed by atoms with E-state index in [1.165, 1.54) is 73.2 Å². The molecule has 2 aliphatic carbocycles. The van der Waals surface area contributed by atoms with Crippen LogP contribution in [0.2, 0.25) is 0 Å². The van der Waals surface area contributed by atoms with Gasteiger partial charge in [-0.3, -0.25) is 4.79 Å². The second-order valence-corrected chi connectivity index (χ2v) is 8.13. The second kappa shape index (κ2) is 7.78. The van der Waals surface area contributed by atoms with Crippen molar-refractivity contribution in [3.05, 3.63) is 17.0 Å². The maximum Gasteiger partial charge on any atom is 0.325 e. The van der Waals surface area contributed by atoms with Crippen molar-refractivity contribution in [1.29, 1.82) is 0 Å². The van der Waals surface area contributed by atoms with Crippen LogP contribution in [0.15, 0.2) is 4.90 Å². The van der Waals surface area contributed by atoms with Gasteiger partial charge in [0.15, 0.2) is 0 Å². The Kier molecular flexibility index (Phi) is 5.73. The first-order valence-electron chi connectivity index (χ1n) is 9.23. The Hall–Kier alpha value is -0.900. The minimum absolute atomic E-state index is 0.104. The number of hydrogen-bond acceptors (Lipinski definition) is 3. The third-order valence-electron chi connectivity index (χ3n) is 5.20. The summed E-state index contributed by atoms with van der Waals surface area (Å²) in [6, 6.07) is 0. The molecule has 0 atom stereocenters. The number of rotatable bonds is 5. The first-order valence-corrected chi connectivity index (χ1v) is 10.1. The Balaban J connectivity index is 1.86. The van der Waals surface area contributed by atoms with Crippen molar-refractivity contribution in [2.75, 3.05) is 6.61 Å². The number of ether oxygens (including phenoxy) is 1. The lowest BCUT2D eigenvalue weighted by Gasteiger charge is -2.22. The summed E-state index contributed by atoms with van der Waals surface area (Å²) in [5, 5.41) is 0.770. The molecule has 0 saturated heterocycles. The molecule has 1 aromatic rings. The lowest BCUT2D eigenvalue weighted by molar-refractivity contribution is -0.143. The fourth-order valence-corrected chi connectivity index (χ4v) is 5.58. The molecule has 1 heterocycles. The minimum atomic E-state index is -0.104. The molecule has 1 fully saturated rings. The van der Waals surface area contributed by atoms with Gasteiger partial charge in [-0.2, -0.15) is 0 Å². The summed E-state index contributed by atoms with van der Waals surface area (Å²) in [6.07, 6.45) is 11.7. The van der Waals surface area contributed by atoms with E-state index in [1.54, 1.807) is 0 Å². The predicted octanol–water partition coefficient (Wildman–Crippen LogP) is 4.66. The fourth-order valence-electron chi connectivity index (χ4n) is 4.03. The van der Waals surface area contributed by atoms with E-state index in [1.807, 2.05) is 6.92 Å². The number of aromatic nitrogens is 1. The van der Waals surface area contributed by atoms with E-state index in [4.69, 9.17) is 4.74 Å². The largest absolute Gasteiger partial charge is 0.465 e. The van der Waals surface area contributed by atoms with E-state index in [0.717, 1.165) is 11.7 Å². The van der Waals surface area contributed by atoms with Gasteiger partial charge in [0.1, 0.15) is 6.54 Å². The van der Waals surface area contributed by atoms with Crippen LogP contribution in [0, 0.1) is 6.92 Å². The molecule has 0 radical (unpaired) electrons. The normalized spacial score (nSPS) is 18.7. The average Bonchev–Trinajstić information content (AvgIpc) is 2.82. The molecule has 0 aliphatic heterocycles. The first kappa shape index (κ1) is 16.9. The molecule has 0 aromatic carbocycles. The van der Waals surface area contributed by atoms with Crippen molar-refractivity contribution in [2.45, 2.75) is 88.3 Å². The van der Waals surface area contributed by atoms with E-state index in [-0.39, 0.29) is 5.97 Å². The van der Waals surface area contributed by atoms with Gasteiger partial charge in [-0.1, -0.05) is 19.3 Å². The van der Waals surface area contributed by atoms with Crippen molar-refractivity contribution in [3.8, 4) is 0 Å². The summed E-state index contributed by atoms with van der Waals surface area (Å²) in [7, 11) is 0. The molecule has 2 aliphatic rings. The van der Waals surface area contributed by atoms with Crippen molar-refractivity contribution in [1.82, 2.24) is 4.57 Å². The zero-order chi connectivity index (χ0) is 16.2. The van der Waals surface area contributed by atoms with Gasteiger partial charge >= 0.3 is 5.97 Å². The van der Waals surface area contributed by atoms with Crippen LogP contribution < -0.4 is 0 Å². The molecule has 128 valence electrons. The average molecular weight is 336 g/mol. The summed E-state index contributed by atoms with van der Waals surface area (Å²) in [5.41, 5.74) is 4.23. The number of fused-ring (bicyclic) bond motifs is 1. The third kappa shape index (κ3) is 3.78. The van der Waals surface area contributed by atoms with Crippen LogP contribution in [0.4, 0.5) is 0 Å². The summed E-state index contributed by atoms with van der Waals surface area (Å²) in [4.78, 5) is 13.5. The Morgan fingerprint density at radius 1 is 1.17 bits per heavy atom. The van der Waals surface area contributed by atoms with E-state index in [0.29, 0.717) is 13.2 Å². The smallest absolute Gasteiger partial charge is 0.325 e. The highest BCUT2D eigenvalue weighted by atomic mass is 32.2. The molecule has 4 heteroatoms. The maximum absolute atomic E-state index is 12.0. The van der Waals surface area contributed by atoms with Crippen molar-refractivity contribution >= 4 is 17.7 Å². The van der Waals surface area contributed by atoms with E-state index in [2.05, 4.69) is 23.3 Å². The molecular weight excluding hydrogens is 306 g/mol. The van der Waals surface area contributed by atoms with Gasteiger partial charge in [-0.05, 0) is 57.9 Å². The number of thioether (sulfide) groups is 1. The number of carbonyl (C=O) groups is 1. The fraction of sp³-hybridized carbons (Fsp3) is 0.737. The van der Waals surface area contributed by atoms with Gasteiger partial charge in [0, 0.05) is 21.5 Å². The molecule has 3 rings (SSSR count). The van der Waals surface area contributed by atoms with Crippen molar-refractivity contribution in [3.63, 3.8) is 0 Å². The summed E-state index contributed by atoms with van der Waals surface area (Å²) < 4.78 is 7.43. The van der Waals surface area contributed by atoms with Gasteiger partial charge in [0.2, 0.25) is 0 Å². The molecule has 23 heavy (non-hydrogen) atoms. The van der Waals surface area contributed by atoms with Gasteiger partial charge < -0.3 is 9.30 Å². The Morgan fingerprint density at radius 2 is 1.91 bits per heavy atom. The molecule has 1 aromatic heterocycles. The predicted molar refractivity (Wildman–Crippen MR) is 95.2 cm³/mol. The third-order valence-corrected chi connectivity index (χ3v) is 6.78. The summed E-state index contributed by atoms with van der Waals surface area (Å²) >= 11 is 2.09. The van der Waals surface area contributed by atoms with Crippen LogP contribution in [0.3, 0.4) is 0 Å². The van der Waals surface area contributed by atoms with Gasteiger partial charge in [0.25, 0.3) is 0 Å². The second-order valence-electron chi connectivity index (χ2n) is 6.82. The van der Waals surface area contributed by atoms with Crippen molar-refractivity contribution < 1.29 is 9.53 Å². The van der Waals surface area contributed by atoms with Crippen LogP contribution in [-0.2, 0) is 28.9 Å². The van der Waals surface area contributed by atoms with Crippen LogP contribution in [-0.4, -0.2) is 22.4 Å². The molecule has 0 N–H and O–H groups in total. The van der Waals surface area contributed by atoms with Gasteiger partial charge in [-0.15, -0.1) is 11.8 Å². The van der Waals surface area contributed by atoms with E-state index >= 15 is 0 Å². The number of nitrogens with zero attached hydrogens (tertiary/aromatic N) is 1. The van der Waals surface area contributed by atoms with Gasteiger partial charge in [-0.25, -0.2) is 0 Å². The zero-order valence-corrected chi connectivity index (χ0v) is 15.3. The molecule has 0 unspecified atom stereocenters. The highest BCUT2D eigenvalue weighted by Gasteiger charge is 2.26. The zero-order valence-electron chi connectivity index (χ0n) is 14.5. The Morgan fingerprint density at radius 3 is 2.65 bits per heavy atom. The van der Waals surface area contributed by atoms with Crippen molar-refractivity contribution in [2.24, 2.45) is 0 Å². The highest BCUT2D eigenvalue weighted by Crippen LogP contribution is 2.41.